The van der Waals surface area contributed by atoms with E-state index in [1.54, 1.807) is 0 Å². The van der Waals surface area contributed by atoms with Crippen LogP contribution < -0.4 is 5.73 Å². The van der Waals surface area contributed by atoms with Crippen LogP contribution >= 0.6 is 0 Å². The van der Waals surface area contributed by atoms with Crippen LogP contribution in [0.3, 0.4) is 0 Å². The minimum absolute atomic E-state index is 0.385. The van der Waals surface area contributed by atoms with Crippen LogP contribution in [0.15, 0.2) is 0 Å². The quantitative estimate of drug-likeness (QED) is 0.590. The molecular weight excluding hydrogens is 146 g/mol. The van der Waals surface area contributed by atoms with Gasteiger partial charge in [0.1, 0.15) is 6.04 Å². The van der Waals surface area contributed by atoms with Crippen molar-refractivity contribution < 1.29 is 14.6 Å². The van der Waals surface area contributed by atoms with Crippen molar-refractivity contribution in [1.82, 2.24) is 0 Å². The predicted molar refractivity (Wildman–Crippen MR) is 39.2 cm³/mol. The molecule has 11 heavy (non-hydrogen) atoms. The van der Waals surface area contributed by atoms with Gasteiger partial charge in [-0.25, -0.2) is 0 Å². The number of hydrogen-bond donors (Lipinski definition) is 2. The molecule has 0 aliphatic heterocycles. The molecule has 1 saturated carbocycles. The maximum Gasteiger partial charge on any atom is 0.320 e. The molecule has 0 radical (unpaired) electrons. The van der Waals surface area contributed by atoms with E-state index in [1.807, 2.05) is 0 Å². The van der Waals surface area contributed by atoms with Crippen molar-refractivity contribution in [3.8, 4) is 0 Å². The lowest BCUT2D eigenvalue weighted by molar-refractivity contribution is -0.139. The molecule has 3 N–H and O–H groups in total. The molecule has 4 nitrogen and oxygen atoms in total. The summed E-state index contributed by atoms with van der Waals surface area (Å²) in [6, 6.07) is -0.770. The molecule has 1 rings (SSSR count). The van der Waals surface area contributed by atoms with Crippen molar-refractivity contribution in [3.05, 3.63) is 0 Å². The van der Waals surface area contributed by atoms with Crippen LogP contribution in [0.5, 0.6) is 0 Å². The Kier molecular flexibility index (Phi) is 2.84. The highest BCUT2D eigenvalue weighted by atomic mass is 16.5. The highest BCUT2D eigenvalue weighted by Gasteiger charge is 2.22. The first kappa shape index (κ1) is 8.49. The van der Waals surface area contributed by atoms with Gasteiger partial charge < -0.3 is 15.6 Å². The van der Waals surface area contributed by atoms with Crippen molar-refractivity contribution in [2.75, 3.05) is 6.61 Å². The zero-order chi connectivity index (χ0) is 8.27. The number of carboxylic acid groups (broad SMARTS) is 1. The lowest BCUT2D eigenvalue weighted by atomic mass is 10.2. The van der Waals surface area contributed by atoms with Gasteiger partial charge in [0.25, 0.3) is 0 Å². The summed E-state index contributed by atoms with van der Waals surface area (Å²) < 4.78 is 5.23. The molecule has 0 spiro atoms. The maximum absolute atomic E-state index is 10.2. The van der Waals surface area contributed by atoms with Crippen LogP contribution in [0, 0.1) is 0 Å². The number of hydrogen-bond acceptors (Lipinski definition) is 3. The highest BCUT2D eigenvalue weighted by molar-refractivity contribution is 5.72. The van der Waals surface area contributed by atoms with Crippen LogP contribution in [0.4, 0.5) is 0 Å². The van der Waals surface area contributed by atoms with E-state index >= 15 is 0 Å². The van der Waals surface area contributed by atoms with Gasteiger partial charge in [0, 0.05) is 6.61 Å². The average Bonchev–Trinajstić information content (AvgIpc) is 2.71. The molecule has 1 fully saturated rings. The number of ether oxygens (including phenoxy) is 1. The number of nitrogens with two attached hydrogens (primary N) is 1. The lowest BCUT2D eigenvalue weighted by Gasteiger charge is -2.05. The molecule has 0 aromatic carbocycles. The summed E-state index contributed by atoms with van der Waals surface area (Å²) in [5.41, 5.74) is 5.24. The molecular formula is C7H13NO3. The van der Waals surface area contributed by atoms with Crippen LogP contribution in [-0.4, -0.2) is 29.8 Å². The molecule has 0 heterocycles. The zero-order valence-electron chi connectivity index (χ0n) is 6.32. The number of aliphatic carboxylic acids is 1. The topological polar surface area (TPSA) is 72.5 Å². The second-order valence-corrected chi connectivity index (χ2v) is 2.80. The number of rotatable bonds is 5. The monoisotopic (exact) mass is 159 g/mol. The molecule has 1 aliphatic carbocycles. The molecule has 64 valence electrons. The Hall–Kier alpha value is -0.610. The fraction of sp³-hybridized carbons (Fsp3) is 0.857. The SMILES string of the molecule is N[C@H](CCOC1CC1)C(=O)O. The summed E-state index contributed by atoms with van der Waals surface area (Å²) in [6.45, 7) is 0.470. The van der Waals surface area contributed by atoms with Crippen molar-refractivity contribution in [3.63, 3.8) is 0 Å². The van der Waals surface area contributed by atoms with E-state index in [0.717, 1.165) is 12.8 Å². The van der Waals surface area contributed by atoms with Crippen molar-refractivity contribution in [2.45, 2.75) is 31.4 Å². The molecule has 1 aliphatic rings. The van der Waals surface area contributed by atoms with E-state index in [2.05, 4.69) is 0 Å². The smallest absolute Gasteiger partial charge is 0.320 e. The fourth-order valence-corrected chi connectivity index (χ4v) is 0.720. The first-order valence-corrected chi connectivity index (χ1v) is 3.80. The molecule has 0 saturated heterocycles. The van der Waals surface area contributed by atoms with Gasteiger partial charge >= 0.3 is 5.97 Å². The Labute approximate surface area is 65.3 Å². The molecule has 1 atom stereocenters. The Bertz CT molecular complexity index is 145. The molecule has 0 unspecified atom stereocenters. The number of carboxylic acids is 1. The largest absolute Gasteiger partial charge is 0.480 e. The van der Waals surface area contributed by atoms with E-state index < -0.39 is 12.0 Å². The molecule has 4 heteroatoms. The third-order valence-electron chi connectivity index (χ3n) is 1.62. The van der Waals surface area contributed by atoms with Gasteiger partial charge in [-0.05, 0) is 19.3 Å². The Morgan fingerprint density at radius 2 is 2.36 bits per heavy atom. The summed E-state index contributed by atoms with van der Waals surface area (Å²) in [4.78, 5) is 10.2. The normalized spacial score (nSPS) is 19.7. The van der Waals surface area contributed by atoms with E-state index in [1.165, 1.54) is 0 Å². The number of carbonyl (C=O) groups is 1. The standard InChI is InChI=1S/C7H13NO3/c8-6(7(9)10)3-4-11-5-1-2-5/h5-6H,1-4,8H2,(H,9,10)/t6-/m1/s1. The van der Waals surface area contributed by atoms with Gasteiger partial charge in [0.05, 0.1) is 6.10 Å². The highest BCUT2D eigenvalue weighted by Crippen LogP contribution is 2.23. The van der Waals surface area contributed by atoms with Crippen LogP contribution in [0.1, 0.15) is 19.3 Å². The molecule has 0 amide bonds. The summed E-state index contributed by atoms with van der Waals surface area (Å²) >= 11 is 0. The summed E-state index contributed by atoms with van der Waals surface area (Å²) in [5.74, 6) is -0.954. The van der Waals surface area contributed by atoms with Crippen molar-refractivity contribution in [2.24, 2.45) is 5.73 Å². The lowest BCUT2D eigenvalue weighted by Crippen LogP contribution is -2.31. The fourth-order valence-electron chi connectivity index (χ4n) is 0.720. The van der Waals surface area contributed by atoms with Gasteiger partial charge in [0.2, 0.25) is 0 Å². The zero-order valence-corrected chi connectivity index (χ0v) is 6.32. The molecule has 0 bridgehead atoms. The molecule has 0 aromatic heterocycles. The van der Waals surface area contributed by atoms with Gasteiger partial charge in [-0.1, -0.05) is 0 Å². The third kappa shape index (κ3) is 3.34. The minimum Gasteiger partial charge on any atom is -0.480 e. The van der Waals surface area contributed by atoms with Gasteiger partial charge in [-0.3, -0.25) is 4.79 Å². The Balaban J connectivity index is 1.96. The van der Waals surface area contributed by atoms with Crippen LogP contribution in [0.25, 0.3) is 0 Å². The van der Waals surface area contributed by atoms with Gasteiger partial charge in [-0.15, -0.1) is 0 Å². The first-order valence-electron chi connectivity index (χ1n) is 3.80. The van der Waals surface area contributed by atoms with Gasteiger partial charge in [-0.2, -0.15) is 0 Å². The Morgan fingerprint density at radius 3 is 2.82 bits per heavy atom. The maximum atomic E-state index is 10.2. The van der Waals surface area contributed by atoms with Crippen molar-refractivity contribution >= 4 is 5.97 Å². The van der Waals surface area contributed by atoms with E-state index in [-0.39, 0.29) is 0 Å². The second-order valence-electron chi connectivity index (χ2n) is 2.80. The van der Waals surface area contributed by atoms with Crippen LogP contribution in [-0.2, 0) is 9.53 Å². The van der Waals surface area contributed by atoms with E-state index in [4.69, 9.17) is 15.6 Å². The van der Waals surface area contributed by atoms with Crippen LogP contribution in [0.2, 0.25) is 0 Å². The Morgan fingerprint density at radius 1 is 1.73 bits per heavy atom. The van der Waals surface area contributed by atoms with Crippen molar-refractivity contribution in [1.29, 1.82) is 0 Å². The van der Waals surface area contributed by atoms with E-state index in [0.29, 0.717) is 19.1 Å². The minimum atomic E-state index is -0.954. The molecule has 0 aromatic rings. The van der Waals surface area contributed by atoms with Gasteiger partial charge in [0.15, 0.2) is 0 Å². The first-order chi connectivity index (χ1) is 5.20. The second kappa shape index (κ2) is 3.69. The predicted octanol–water partition coefficient (Wildman–Crippen LogP) is -0.0326. The summed E-state index contributed by atoms with van der Waals surface area (Å²) in [7, 11) is 0. The average molecular weight is 159 g/mol. The van der Waals surface area contributed by atoms with E-state index in [9.17, 15) is 4.79 Å². The third-order valence-corrected chi connectivity index (χ3v) is 1.62. The summed E-state index contributed by atoms with van der Waals surface area (Å²) in [6.07, 6.45) is 3.02. The summed E-state index contributed by atoms with van der Waals surface area (Å²) in [5, 5.41) is 8.38.